The van der Waals surface area contributed by atoms with Crippen LogP contribution in [0.25, 0.3) is 0 Å². The second-order valence-corrected chi connectivity index (χ2v) is 16.2. The van der Waals surface area contributed by atoms with Gasteiger partial charge in [0.2, 0.25) is 17.7 Å². The largest absolute Gasteiger partial charge is 0.492 e. The molecule has 0 aromatic heterocycles. The summed E-state index contributed by atoms with van der Waals surface area (Å²) in [6.07, 6.45) is 0.636. The van der Waals surface area contributed by atoms with Gasteiger partial charge in [-0.2, -0.15) is 5.26 Å². The highest BCUT2D eigenvalue weighted by Gasteiger charge is 2.51. The van der Waals surface area contributed by atoms with E-state index in [0.717, 1.165) is 6.92 Å². The van der Waals surface area contributed by atoms with E-state index >= 15 is 8.78 Å². The summed E-state index contributed by atoms with van der Waals surface area (Å²) < 4.78 is 36.4. The van der Waals surface area contributed by atoms with E-state index in [1.54, 1.807) is 50.2 Å². The van der Waals surface area contributed by atoms with E-state index in [1.807, 2.05) is 19.9 Å². The number of carbonyl (C=O) groups excluding carboxylic acids is 4. The van der Waals surface area contributed by atoms with Gasteiger partial charge in [0.15, 0.2) is 5.11 Å². The molecule has 0 bridgehead atoms. The van der Waals surface area contributed by atoms with Crippen molar-refractivity contribution in [3.63, 3.8) is 0 Å². The molecule has 3 N–H and O–H groups in total. The average Bonchev–Trinajstić information content (AvgIpc) is 3.32. The summed E-state index contributed by atoms with van der Waals surface area (Å²) in [5, 5.41) is 17.9. The molecular formula is C41H45ClF2N8O5S. The normalized spacial score (nSPS) is 21.5. The lowest BCUT2D eigenvalue weighted by atomic mass is 10.0. The number of amides is 4. The molecule has 0 saturated carbocycles. The van der Waals surface area contributed by atoms with Crippen LogP contribution in [-0.4, -0.2) is 95.0 Å². The van der Waals surface area contributed by atoms with E-state index < -0.39 is 17.5 Å². The van der Waals surface area contributed by atoms with Gasteiger partial charge < -0.3 is 20.3 Å². The van der Waals surface area contributed by atoms with Gasteiger partial charge in [0.1, 0.15) is 30.0 Å². The van der Waals surface area contributed by atoms with Gasteiger partial charge in [-0.15, -0.1) is 0 Å². The Morgan fingerprint density at radius 1 is 1.05 bits per heavy atom. The van der Waals surface area contributed by atoms with Crippen molar-refractivity contribution in [2.75, 3.05) is 53.2 Å². The van der Waals surface area contributed by atoms with Gasteiger partial charge in [-0.25, -0.2) is 8.78 Å². The number of thiocarbonyl (C=S) groups is 1. The number of hydrogen-bond acceptors (Lipinski definition) is 10. The van der Waals surface area contributed by atoms with Crippen molar-refractivity contribution in [2.24, 2.45) is 0 Å². The summed E-state index contributed by atoms with van der Waals surface area (Å²) in [7, 11) is 0. The molecule has 6 rings (SSSR count). The van der Waals surface area contributed by atoms with E-state index in [9.17, 15) is 24.4 Å². The molecule has 3 aromatic carbocycles. The number of nitrogens with one attached hydrogen (secondary N) is 3. The quantitative estimate of drug-likeness (QED) is 0.149. The number of imide groups is 1. The summed E-state index contributed by atoms with van der Waals surface area (Å²) in [6, 6.07) is 17.4. The van der Waals surface area contributed by atoms with Gasteiger partial charge >= 0.3 is 0 Å². The Morgan fingerprint density at radius 2 is 1.74 bits per heavy atom. The number of benzene rings is 3. The molecule has 0 aliphatic carbocycles. The lowest BCUT2D eigenvalue weighted by molar-refractivity contribution is -0.133. The van der Waals surface area contributed by atoms with Gasteiger partial charge in [-0.1, -0.05) is 17.7 Å². The maximum Gasteiger partial charge on any atom is 0.274 e. The van der Waals surface area contributed by atoms with E-state index in [-0.39, 0.29) is 88.0 Å². The van der Waals surface area contributed by atoms with Crippen LogP contribution in [0.5, 0.6) is 5.75 Å². The van der Waals surface area contributed by atoms with Crippen LogP contribution < -0.4 is 30.5 Å². The van der Waals surface area contributed by atoms with Crippen LogP contribution in [-0.2, 0) is 25.1 Å². The van der Waals surface area contributed by atoms with Crippen LogP contribution >= 0.6 is 23.8 Å². The molecule has 13 nitrogen and oxygen atoms in total. The molecule has 3 aliphatic rings. The number of carbonyl (C=O) groups is 4. The maximum absolute atomic E-state index is 15.2. The Bertz CT molecular complexity index is 2170. The number of piperidine rings is 1. The monoisotopic (exact) mass is 834 g/mol. The topological polar surface area (TPSA) is 150 Å². The minimum absolute atomic E-state index is 0.0000763. The first-order chi connectivity index (χ1) is 27.4. The predicted octanol–water partition coefficient (Wildman–Crippen LogP) is 5.87. The number of nitriles is 1. The van der Waals surface area contributed by atoms with Crippen molar-refractivity contribution >= 4 is 75.3 Å². The van der Waals surface area contributed by atoms with Gasteiger partial charge in [-0.3, -0.25) is 39.2 Å². The van der Waals surface area contributed by atoms with Gasteiger partial charge in [0, 0.05) is 62.1 Å². The van der Waals surface area contributed by atoms with Crippen LogP contribution in [0.4, 0.5) is 31.5 Å². The number of halogens is 3. The van der Waals surface area contributed by atoms with Crippen molar-refractivity contribution in [1.82, 2.24) is 15.1 Å². The number of nitrogens with zero attached hydrogens (tertiary/aromatic N) is 5. The third kappa shape index (κ3) is 9.07. The first-order valence-electron chi connectivity index (χ1n) is 18.9. The van der Waals surface area contributed by atoms with Crippen molar-refractivity contribution in [3.8, 4) is 11.8 Å². The van der Waals surface area contributed by atoms with Crippen LogP contribution in [0, 0.1) is 11.3 Å². The van der Waals surface area contributed by atoms with Gasteiger partial charge in [0.25, 0.3) is 11.8 Å². The van der Waals surface area contributed by atoms with Crippen LogP contribution in [0.2, 0.25) is 5.02 Å². The Labute approximate surface area is 346 Å². The van der Waals surface area contributed by atoms with Crippen molar-refractivity contribution in [3.05, 3.63) is 76.8 Å². The average molecular weight is 835 g/mol. The molecule has 1 unspecified atom stereocenters. The van der Waals surface area contributed by atoms with Crippen molar-refractivity contribution in [1.29, 1.82) is 5.26 Å². The standard InChI is InChI=1S/C41H45ClF2N8O5S/c1-24-21-49(22-25(2)50(24)23-36(54)47-28-8-6-7-27(17-28)46-33-12-14-35(53)48-37(33)55)15-16-57-34-13-11-30(18-31(34)41(5,43)44)52-39(58)51(38(56)40(52,3)4)29-10-9-26(20-45)32(42)19-29/h6-11,13,17-19,24-25,33,46H,12,14-16,21-23H2,1-5H3,(H,47,54)(H,48,53,55)/t24-,25+,33?. The zero-order chi connectivity index (χ0) is 42.1. The zero-order valence-electron chi connectivity index (χ0n) is 32.8. The Hall–Kier alpha value is -5.21. The number of ether oxygens (including phenoxy) is 1. The molecule has 306 valence electrons. The summed E-state index contributed by atoms with van der Waals surface area (Å²) in [5.41, 5.74) is 0.495. The molecular weight excluding hydrogens is 790 g/mol. The molecule has 3 saturated heterocycles. The number of hydrogen-bond donors (Lipinski definition) is 3. The smallest absolute Gasteiger partial charge is 0.274 e. The van der Waals surface area contributed by atoms with Crippen LogP contribution in [0.1, 0.15) is 58.6 Å². The third-order valence-corrected chi connectivity index (χ3v) is 11.3. The Morgan fingerprint density at radius 3 is 2.40 bits per heavy atom. The molecule has 3 atom stereocenters. The predicted molar refractivity (Wildman–Crippen MR) is 221 cm³/mol. The Kier molecular flexibility index (Phi) is 12.4. The van der Waals surface area contributed by atoms with E-state index in [1.165, 1.54) is 34.1 Å². The molecule has 3 fully saturated rings. The summed E-state index contributed by atoms with van der Waals surface area (Å²) in [5.74, 6) is -4.54. The minimum atomic E-state index is -3.29. The molecule has 4 amide bonds. The van der Waals surface area contributed by atoms with Crippen molar-refractivity contribution < 1.29 is 32.7 Å². The third-order valence-electron chi connectivity index (χ3n) is 10.6. The highest BCUT2D eigenvalue weighted by molar-refractivity contribution is 7.81. The fourth-order valence-corrected chi connectivity index (χ4v) is 8.39. The summed E-state index contributed by atoms with van der Waals surface area (Å²) in [6.45, 7) is 10.1. The van der Waals surface area contributed by atoms with E-state index in [0.29, 0.717) is 43.1 Å². The van der Waals surface area contributed by atoms with Crippen LogP contribution in [0.3, 0.4) is 0 Å². The first kappa shape index (κ1) is 42.4. The molecule has 0 spiro atoms. The number of rotatable bonds is 12. The van der Waals surface area contributed by atoms with E-state index in [4.69, 9.17) is 28.6 Å². The SMILES string of the molecule is C[C@@H]1CN(CCOc2ccc(N3C(=S)N(c4ccc(C#N)c(Cl)c4)C(=O)C3(C)C)cc2C(C)(F)F)C[C@H](C)N1CC(=O)Nc1cccc(NC2CCC(=O)NC2=O)c1. The minimum Gasteiger partial charge on any atom is -0.492 e. The van der Waals surface area contributed by atoms with E-state index in [2.05, 4.69) is 25.8 Å². The summed E-state index contributed by atoms with van der Waals surface area (Å²) in [4.78, 5) is 57.6. The van der Waals surface area contributed by atoms with Gasteiger partial charge in [0.05, 0.1) is 28.4 Å². The zero-order valence-corrected chi connectivity index (χ0v) is 34.3. The molecule has 3 aromatic rings. The number of alkyl halides is 2. The lowest BCUT2D eigenvalue weighted by Crippen LogP contribution is -2.58. The maximum atomic E-state index is 15.2. The Balaban J connectivity index is 1.05. The fraction of sp³-hybridized carbons (Fsp3) is 0.415. The molecule has 0 radical (unpaired) electrons. The number of piperazine rings is 1. The molecule has 17 heteroatoms. The molecule has 3 aliphatic heterocycles. The second-order valence-electron chi connectivity index (χ2n) is 15.4. The lowest BCUT2D eigenvalue weighted by Gasteiger charge is -2.44. The summed E-state index contributed by atoms with van der Waals surface area (Å²) >= 11 is 12.0. The van der Waals surface area contributed by atoms with Gasteiger partial charge in [-0.05, 0) is 101 Å². The van der Waals surface area contributed by atoms with Crippen LogP contribution in [0.15, 0.2) is 60.7 Å². The van der Waals surface area contributed by atoms with Crippen molar-refractivity contribution in [2.45, 2.75) is 77.0 Å². The molecule has 58 heavy (non-hydrogen) atoms. The first-order valence-corrected chi connectivity index (χ1v) is 19.7. The highest BCUT2D eigenvalue weighted by atomic mass is 35.5. The fourth-order valence-electron chi connectivity index (χ4n) is 7.65. The molecule has 3 heterocycles. The highest BCUT2D eigenvalue weighted by Crippen LogP contribution is 2.42. The second kappa shape index (κ2) is 16.9. The number of anilines is 4.